The number of ether oxygens (including phenoxy) is 2. The van der Waals surface area contributed by atoms with Crippen molar-refractivity contribution in [3.8, 4) is 5.75 Å². The van der Waals surface area contributed by atoms with Crippen molar-refractivity contribution >= 4 is 11.9 Å². The lowest BCUT2D eigenvalue weighted by atomic mass is 10.2. The third-order valence-corrected chi connectivity index (χ3v) is 3.11. The average Bonchev–Trinajstić information content (AvgIpc) is 2.47. The van der Waals surface area contributed by atoms with E-state index in [1.54, 1.807) is 12.1 Å². The third-order valence-electron chi connectivity index (χ3n) is 3.11. The largest absolute Gasteiger partial charge is 0.466 e. The predicted molar refractivity (Wildman–Crippen MR) is 81.1 cm³/mol. The first-order chi connectivity index (χ1) is 10.1. The van der Waals surface area contributed by atoms with E-state index in [2.05, 4.69) is 6.92 Å². The van der Waals surface area contributed by atoms with E-state index in [1.807, 2.05) is 19.1 Å². The number of hydrogen-bond donors (Lipinski definition) is 0. The highest BCUT2D eigenvalue weighted by Crippen LogP contribution is 2.17. The van der Waals surface area contributed by atoms with Gasteiger partial charge in [-0.3, -0.25) is 9.59 Å². The minimum atomic E-state index is -0.410. The molecule has 0 aliphatic rings. The molecule has 4 nitrogen and oxygen atoms in total. The van der Waals surface area contributed by atoms with Gasteiger partial charge in [-0.25, -0.2) is 0 Å². The first-order valence-corrected chi connectivity index (χ1v) is 7.55. The first kappa shape index (κ1) is 17.2. The Morgan fingerprint density at radius 1 is 1.00 bits per heavy atom. The molecular formula is C17H24O4. The van der Waals surface area contributed by atoms with Crippen LogP contribution in [0.5, 0.6) is 5.75 Å². The van der Waals surface area contributed by atoms with Crippen molar-refractivity contribution in [3.63, 3.8) is 0 Å². The Labute approximate surface area is 126 Å². The number of rotatable bonds is 9. The number of benzene rings is 1. The second-order valence-corrected chi connectivity index (χ2v) is 5.02. The molecule has 1 aromatic rings. The summed E-state index contributed by atoms with van der Waals surface area (Å²) in [5.74, 6) is -0.212. The topological polar surface area (TPSA) is 52.6 Å². The summed E-state index contributed by atoms with van der Waals surface area (Å²) in [5.41, 5.74) is 0.893. The van der Waals surface area contributed by atoms with Gasteiger partial charge in [0.2, 0.25) is 0 Å². The van der Waals surface area contributed by atoms with Gasteiger partial charge in [-0.05, 0) is 25.0 Å². The van der Waals surface area contributed by atoms with Crippen LogP contribution in [0.4, 0.5) is 0 Å². The monoisotopic (exact) mass is 292 g/mol. The number of unbranched alkanes of at least 4 members (excludes halogenated alkanes) is 3. The van der Waals surface area contributed by atoms with Gasteiger partial charge in [0.1, 0.15) is 5.75 Å². The summed E-state index contributed by atoms with van der Waals surface area (Å²) in [6, 6.07) is 7.29. The normalized spacial score (nSPS) is 10.2. The number of aryl methyl sites for hydroxylation is 1. The van der Waals surface area contributed by atoms with Crippen LogP contribution in [0.3, 0.4) is 0 Å². The molecule has 0 unspecified atom stereocenters. The van der Waals surface area contributed by atoms with E-state index in [4.69, 9.17) is 9.47 Å². The van der Waals surface area contributed by atoms with Gasteiger partial charge in [0.25, 0.3) is 0 Å². The van der Waals surface area contributed by atoms with Crippen molar-refractivity contribution in [1.82, 2.24) is 0 Å². The van der Waals surface area contributed by atoms with Crippen LogP contribution in [0.1, 0.15) is 51.0 Å². The van der Waals surface area contributed by atoms with Gasteiger partial charge in [0, 0.05) is 0 Å². The van der Waals surface area contributed by atoms with Gasteiger partial charge in [-0.1, -0.05) is 44.4 Å². The molecule has 0 N–H and O–H groups in total. The molecular weight excluding hydrogens is 268 g/mol. The van der Waals surface area contributed by atoms with Crippen molar-refractivity contribution < 1.29 is 19.1 Å². The second kappa shape index (κ2) is 9.97. The Bertz CT molecular complexity index is 454. The number of carbonyl (C=O) groups is 2. The maximum Gasteiger partial charge on any atom is 0.311 e. The Hall–Kier alpha value is -1.84. The summed E-state index contributed by atoms with van der Waals surface area (Å²) in [6.07, 6.45) is 4.37. The van der Waals surface area contributed by atoms with Crippen LogP contribution in [0.2, 0.25) is 0 Å². The molecule has 0 radical (unpaired) electrons. The summed E-state index contributed by atoms with van der Waals surface area (Å²) in [7, 11) is 0. The molecule has 0 aliphatic heterocycles. The van der Waals surface area contributed by atoms with Gasteiger partial charge in [-0.2, -0.15) is 0 Å². The van der Waals surface area contributed by atoms with Crippen LogP contribution in [-0.2, 0) is 14.3 Å². The van der Waals surface area contributed by atoms with Crippen molar-refractivity contribution in [2.75, 3.05) is 6.61 Å². The quantitative estimate of drug-likeness (QED) is 0.394. The van der Waals surface area contributed by atoms with Crippen molar-refractivity contribution in [3.05, 3.63) is 29.8 Å². The number of esters is 2. The van der Waals surface area contributed by atoms with E-state index in [1.165, 1.54) is 0 Å². The predicted octanol–water partition coefficient (Wildman–Crippen LogP) is 3.80. The lowest BCUT2D eigenvalue weighted by Crippen LogP contribution is -2.13. The van der Waals surface area contributed by atoms with Crippen LogP contribution >= 0.6 is 0 Å². The number of hydrogen-bond acceptors (Lipinski definition) is 4. The molecule has 1 rings (SSSR count). The molecule has 0 saturated heterocycles. The number of para-hydroxylation sites is 1. The van der Waals surface area contributed by atoms with E-state index in [-0.39, 0.29) is 18.8 Å². The SMILES string of the molecule is CCCCCCOC(=O)CCC(=O)Oc1ccccc1C. The number of carbonyl (C=O) groups excluding carboxylic acids is 2. The van der Waals surface area contributed by atoms with Crippen LogP contribution < -0.4 is 4.74 Å². The lowest BCUT2D eigenvalue weighted by Gasteiger charge is -2.07. The first-order valence-electron chi connectivity index (χ1n) is 7.55. The zero-order valence-electron chi connectivity index (χ0n) is 12.9. The maximum absolute atomic E-state index is 11.7. The van der Waals surface area contributed by atoms with Crippen molar-refractivity contribution in [2.45, 2.75) is 52.4 Å². The molecule has 116 valence electrons. The molecule has 0 atom stereocenters. The Balaban J connectivity index is 2.18. The molecule has 21 heavy (non-hydrogen) atoms. The fourth-order valence-corrected chi connectivity index (χ4v) is 1.84. The molecule has 0 aromatic heterocycles. The minimum absolute atomic E-state index is 0.0438. The summed E-state index contributed by atoms with van der Waals surface area (Å²) in [5, 5.41) is 0. The van der Waals surface area contributed by atoms with Gasteiger partial charge in [0.05, 0.1) is 19.4 Å². The Kier molecular flexibility index (Phi) is 8.17. The lowest BCUT2D eigenvalue weighted by molar-refractivity contribution is -0.147. The van der Waals surface area contributed by atoms with Crippen molar-refractivity contribution in [2.24, 2.45) is 0 Å². The van der Waals surface area contributed by atoms with Gasteiger partial charge >= 0.3 is 11.9 Å². The highest BCUT2D eigenvalue weighted by Gasteiger charge is 2.11. The van der Waals surface area contributed by atoms with E-state index in [0.29, 0.717) is 12.4 Å². The van der Waals surface area contributed by atoms with Crippen LogP contribution in [0.15, 0.2) is 24.3 Å². The zero-order chi connectivity index (χ0) is 15.5. The zero-order valence-corrected chi connectivity index (χ0v) is 12.9. The minimum Gasteiger partial charge on any atom is -0.466 e. The summed E-state index contributed by atoms with van der Waals surface area (Å²) < 4.78 is 10.3. The molecule has 4 heteroatoms. The van der Waals surface area contributed by atoms with Gasteiger partial charge in [0.15, 0.2) is 0 Å². The van der Waals surface area contributed by atoms with Crippen LogP contribution in [0, 0.1) is 6.92 Å². The smallest absolute Gasteiger partial charge is 0.311 e. The average molecular weight is 292 g/mol. The van der Waals surface area contributed by atoms with Gasteiger partial charge < -0.3 is 9.47 Å². The van der Waals surface area contributed by atoms with E-state index < -0.39 is 5.97 Å². The highest BCUT2D eigenvalue weighted by atomic mass is 16.5. The molecule has 0 heterocycles. The van der Waals surface area contributed by atoms with E-state index >= 15 is 0 Å². The maximum atomic E-state index is 11.7. The van der Waals surface area contributed by atoms with Crippen LogP contribution in [-0.4, -0.2) is 18.5 Å². The van der Waals surface area contributed by atoms with Gasteiger partial charge in [-0.15, -0.1) is 0 Å². The molecule has 0 saturated carbocycles. The molecule has 0 amide bonds. The van der Waals surface area contributed by atoms with E-state index in [0.717, 1.165) is 31.2 Å². The summed E-state index contributed by atoms with van der Waals surface area (Å²) in [6.45, 7) is 4.44. The Morgan fingerprint density at radius 3 is 2.43 bits per heavy atom. The summed E-state index contributed by atoms with van der Waals surface area (Å²) in [4.78, 5) is 23.1. The fraction of sp³-hybridized carbons (Fsp3) is 0.529. The third kappa shape index (κ3) is 7.49. The van der Waals surface area contributed by atoms with Crippen LogP contribution in [0.25, 0.3) is 0 Å². The second-order valence-electron chi connectivity index (χ2n) is 5.02. The molecule has 0 aliphatic carbocycles. The highest BCUT2D eigenvalue weighted by molar-refractivity contribution is 5.79. The van der Waals surface area contributed by atoms with E-state index in [9.17, 15) is 9.59 Å². The fourth-order valence-electron chi connectivity index (χ4n) is 1.84. The molecule has 0 spiro atoms. The van der Waals surface area contributed by atoms with Crippen molar-refractivity contribution in [1.29, 1.82) is 0 Å². The molecule has 1 aromatic carbocycles. The standard InChI is InChI=1S/C17H24O4/c1-3-4-5-8-13-20-16(18)11-12-17(19)21-15-10-7-6-9-14(15)2/h6-7,9-10H,3-5,8,11-13H2,1-2H3. The Morgan fingerprint density at radius 2 is 1.71 bits per heavy atom. The molecule has 0 fully saturated rings. The molecule has 0 bridgehead atoms. The summed E-state index contributed by atoms with van der Waals surface area (Å²) >= 11 is 0.